The summed E-state index contributed by atoms with van der Waals surface area (Å²) in [5, 5.41) is 36.3. The molecule has 1 unspecified atom stereocenters. The van der Waals surface area contributed by atoms with Crippen LogP contribution < -0.4 is 5.32 Å². The van der Waals surface area contributed by atoms with Crippen LogP contribution in [0.4, 0.5) is 5.82 Å². The van der Waals surface area contributed by atoms with Gasteiger partial charge in [-0.05, 0) is 31.4 Å². The van der Waals surface area contributed by atoms with Gasteiger partial charge in [-0.15, -0.1) is 0 Å². The van der Waals surface area contributed by atoms with Gasteiger partial charge in [-0.2, -0.15) is 15.1 Å². The van der Waals surface area contributed by atoms with E-state index in [1.165, 1.54) is 10.9 Å². The van der Waals surface area contributed by atoms with Crippen molar-refractivity contribution in [2.45, 2.75) is 68.5 Å². The highest BCUT2D eigenvalue weighted by molar-refractivity contribution is 7.53. The predicted octanol–water partition coefficient (Wildman–Crippen LogP) is 0.373. The largest absolute Gasteiger partial charge is 0.394 e. The van der Waals surface area contributed by atoms with Gasteiger partial charge in [0.15, 0.2) is 17.2 Å². The molecule has 1 saturated carbocycles. The molecule has 0 bridgehead atoms. The topological polar surface area (TPSA) is 202 Å². The molecule has 5 atom stereocenters. The van der Waals surface area contributed by atoms with Gasteiger partial charge < -0.3 is 44.6 Å². The van der Waals surface area contributed by atoms with Crippen molar-refractivity contribution in [2.75, 3.05) is 31.7 Å². The maximum atomic E-state index is 12.0. The van der Waals surface area contributed by atoms with Crippen LogP contribution in [0, 0.1) is 0 Å². The van der Waals surface area contributed by atoms with Crippen molar-refractivity contribution in [1.29, 1.82) is 0 Å². The first kappa shape index (κ1) is 27.6. The number of aromatic nitrogens is 4. The van der Waals surface area contributed by atoms with Gasteiger partial charge in [0.05, 0.1) is 38.0 Å². The molecular weight excluding hydrogens is 521 g/mol. The van der Waals surface area contributed by atoms with Crippen LogP contribution in [0.15, 0.2) is 6.20 Å². The Bertz CT molecular complexity index is 1100. The Kier molecular flexibility index (Phi) is 8.52. The molecule has 1 aliphatic carbocycles. The second kappa shape index (κ2) is 11.1. The number of ether oxygens (including phenoxy) is 3. The van der Waals surface area contributed by atoms with Crippen LogP contribution in [0.1, 0.15) is 38.8 Å². The van der Waals surface area contributed by atoms with Gasteiger partial charge in [0.1, 0.15) is 24.1 Å². The zero-order valence-corrected chi connectivity index (χ0v) is 21.3. The molecule has 6 N–H and O–H groups in total. The van der Waals surface area contributed by atoms with Gasteiger partial charge in [-0.1, -0.05) is 12.8 Å². The van der Waals surface area contributed by atoms with Gasteiger partial charge >= 0.3 is 7.60 Å². The average Bonchev–Trinajstić information content (AvgIpc) is 3.53. The predicted molar refractivity (Wildman–Crippen MR) is 126 cm³/mol. The van der Waals surface area contributed by atoms with E-state index >= 15 is 0 Å². The van der Waals surface area contributed by atoms with E-state index < -0.39 is 50.7 Å². The summed E-state index contributed by atoms with van der Waals surface area (Å²) in [6, 6.07) is 0.254. The summed E-state index contributed by atoms with van der Waals surface area (Å²) in [5.74, 6) is 0.511. The third-order valence-electron chi connectivity index (χ3n) is 6.48. The first-order chi connectivity index (χ1) is 17.0. The second-order valence-corrected chi connectivity index (χ2v) is 11.5. The van der Waals surface area contributed by atoms with E-state index in [9.17, 15) is 24.6 Å². The Hall–Kier alpha value is -1.45. The van der Waals surface area contributed by atoms with Crippen LogP contribution in [0.2, 0.25) is 5.28 Å². The van der Waals surface area contributed by atoms with Gasteiger partial charge in [0.2, 0.25) is 5.28 Å². The zero-order valence-electron chi connectivity index (χ0n) is 19.6. The lowest BCUT2D eigenvalue weighted by molar-refractivity contribution is -0.112. The van der Waals surface area contributed by atoms with Crippen LogP contribution in [-0.4, -0.2) is 101 Å². The van der Waals surface area contributed by atoms with Gasteiger partial charge in [0, 0.05) is 6.04 Å². The summed E-state index contributed by atoms with van der Waals surface area (Å²) in [6.45, 7) is -0.306. The van der Waals surface area contributed by atoms with Gasteiger partial charge in [0.25, 0.3) is 0 Å². The molecule has 0 amide bonds. The van der Waals surface area contributed by atoms with Crippen LogP contribution in [-0.2, 0) is 18.8 Å². The summed E-state index contributed by atoms with van der Waals surface area (Å²) >= 11 is 6.16. The lowest BCUT2D eigenvalue weighted by Crippen LogP contribution is -2.40. The first-order valence-corrected chi connectivity index (χ1v) is 13.6. The molecule has 14 nitrogen and oxygen atoms in total. The maximum absolute atomic E-state index is 12.0. The summed E-state index contributed by atoms with van der Waals surface area (Å²) in [7, 11) is -4.82. The SMILES string of the molecule is CC(COCCO)(OC[C@H]1O[C@@H](n2ncc3c(NC4CCCC4)nc(Cl)nc32)[C@H](O)[C@@H]1O)P(=O)(O)O. The standard InChI is InChI=1S/C20H31ClN5O9P/c1-20(36(30,31)32,10-33-7-6-27)34-9-13-14(28)15(29)18(35-13)26-17-12(8-22-26)16(24-19(21)25-17)23-11-4-2-3-5-11/h8,11,13-15,18,27-29H,2-7,9-10H2,1H3,(H,23,24,25)(H2,30,31,32)/t13-,14-,15-,18-,20?/m1/s1. The number of nitrogens with zero attached hydrogens (tertiary/aromatic N) is 4. The number of hydrogen-bond acceptors (Lipinski definition) is 11. The molecule has 0 aromatic carbocycles. The zero-order chi connectivity index (χ0) is 26.1. The van der Waals surface area contributed by atoms with E-state index in [1.807, 2.05) is 0 Å². The summed E-state index contributed by atoms with van der Waals surface area (Å²) in [4.78, 5) is 28.0. The molecule has 2 aromatic heterocycles. The summed E-state index contributed by atoms with van der Waals surface area (Å²) < 4.78 is 29.6. The Balaban J connectivity index is 1.51. The summed E-state index contributed by atoms with van der Waals surface area (Å²) in [6.07, 6.45) is 0.537. The van der Waals surface area contributed by atoms with Crippen molar-refractivity contribution < 1.29 is 43.9 Å². The van der Waals surface area contributed by atoms with Crippen molar-refractivity contribution in [3.05, 3.63) is 11.5 Å². The Morgan fingerprint density at radius 1 is 1.28 bits per heavy atom. The molecule has 3 heterocycles. The molecule has 2 aromatic rings. The van der Waals surface area contributed by atoms with E-state index in [0.29, 0.717) is 11.2 Å². The second-order valence-electron chi connectivity index (χ2n) is 9.15. The smallest absolute Gasteiger partial charge is 0.359 e. The highest BCUT2D eigenvalue weighted by atomic mass is 35.5. The quantitative estimate of drug-likeness (QED) is 0.127. The number of fused-ring (bicyclic) bond motifs is 1. The number of rotatable bonds is 11. The number of hydrogen-bond donors (Lipinski definition) is 6. The molecule has 16 heteroatoms. The van der Waals surface area contributed by atoms with Crippen molar-refractivity contribution >= 4 is 36.0 Å². The molecule has 202 valence electrons. The minimum absolute atomic E-state index is 0.0297. The minimum Gasteiger partial charge on any atom is -0.394 e. The van der Waals surface area contributed by atoms with E-state index in [1.54, 1.807) is 0 Å². The molecule has 36 heavy (non-hydrogen) atoms. The first-order valence-electron chi connectivity index (χ1n) is 11.6. The molecule has 0 spiro atoms. The van der Waals surface area contributed by atoms with E-state index in [2.05, 4.69) is 20.4 Å². The van der Waals surface area contributed by atoms with Crippen molar-refractivity contribution in [1.82, 2.24) is 19.7 Å². The van der Waals surface area contributed by atoms with Gasteiger partial charge in [-0.3, -0.25) is 4.57 Å². The Labute approximate surface area is 211 Å². The number of aliphatic hydroxyl groups is 3. The van der Waals surface area contributed by atoms with Crippen molar-refractivity contribution in [3.8, 4) is 0 Å². The van der Waals surface area contributed by atoms with E-state index in [4.69, 9.17) is 30.9 Å². The molecule has 1 aliphatic heterocycles. The van der Waals surface area contributed by atoms with Crippen molar-refractivity contribution in [2.24, 2.45) is 0 Å². The summed E-state index contributed by atoms with van der Waals surface area (Å²) in [5.41, 5.74) is 0.283. The molecule has 0 radical (unpaired) electrons. The number of halogens is 1. The highest BCUT2D eigenvalue weighted by Crippen LogP contribution is 2.51. The third kappa shape index (κ3) is 5.68. The van der Waals surface area contributed by atoms with Crippen LogP contribution in [0.5, 0.6) is 0 Å². The monoisotopic (exact) mass is 551 g/mol. The fraction of sp³-hybridized carbons (Fsp3) is 0.750. The van der Waals surface area contributed by atoms with Crippen LogP contribution in [0.25, 0.3) is 11.0 Å². The fourth-order valence-corrected chi connectivity index (χ4v) is 4.99. The highest BCUT2D eigenvalue weighted by Gasteiger charge is 2.49. The minimum atomic E-state index is -4.82. The van der Waals surface area contributed by atoms with Gasteiger partial charge in [-0.25, -0.2) is 4.68 Å². The fourth-order valence-electron chi connectivity index (χ4n) is 4.33. The Morgan fingerprint density at radius 3 is 2.67 bits per heavy atom. The average molecular weight is 552 g/mol. The van der Waals surface area contributed by atoms with Crippen LogP contribution >= 0.6 is 19.2 Å². The molecule has 1 saturated heterocycles. The van der Waals surface area contributed by atoms with E-state index in [-0.39, 0.29) is 30.2 Å². The third-order valence-corrected chi connectivity index (χ3v) is 8.14. The maximum Gasteiger partial charge on any atom is 0.359 e. The molecule has 2 fully saturated rings. The number of anilines is 1. The molecule has 4 rings (SSSR count). The lowest BCUT2D eigenvalue weighted by atomic mass is 10.1. The lowest BCUT2D eigenvalue weighted by Gasteiger charge is -2.31. The van der Waals surface area contributed by atoms with E-state index in [0.717, 1.165) is 32.6 Å². The number of nitrogens with one attached hydrogen (secondary N) is 1. The Morgan fingerprint density at radius 2 is 2.00 bits per heavy atom. The number of aliphatic hydroxyl groups excluding tert-OH is 3. The van der Waals surface area contributed by atoms with Crippen LogP contribution in [0.3, 0.4) is 0 Å². The molecular formula is C20H31ClN5O9P. The molecule has 2 aliphatic rings. The normalized spacial score (nSPS) is 27.1. The van der Waals surface area contributed by atoms with Crippen molar-refractivity contribution in [3.63, 3.8) is 0 Å².